The number of hydrogen-bond acceptors (Lipinski definition) is 2. The van der Waals surface area contributed by atoms with Crippen LogP contribution in [0.25, 0.3) is 0 Å². The zero-order valence-electron chi connectivity index (χ0n) is 7.42. The predicted molar refractivity (Wildman–Crippen MR) is 49.3 cm³/mol. The van der Waals surface area contributed by atoms with Crippen LogP contribution in [0, 0.1) is 0 Å². The van der Waals surface area contributed by atoms with E-state index in [-0.39, 0.29) is 12.5 Å². The molecule has 0 heterocycles. The molecule has 0 aromatic rings. The molecule has 1 N–H and O–H groups in total. The molecule has 0 aliphatic heterocycles. The molecule has 0 spiro atoms. The first-order valence-electron chi connectivity index (χ1n) is 4.20. The van der Waals surface area contributed by atoms with Crippen LogP contribution in [0.15, 0.2) is 0 Å². The number of alkyl halides is 1. The minimum absolute atomic E-state index is 0.0219. The SMILES string of the molecule is CCCN(CCO)C(=O)CCCl. The van der Waals surface area contributed by atoms with Gasteiger partial charge in [-0.05, 0) is 6.42 Å². The summed E-state index contributed by atoms with van der Waals surface area (Å²) in [6, 6.07) is 0. The Morgan fingerprint density at radius 1 is 1.50 bits per heavy atom. The van der Waals surface area contributed by atoms with Crippen LogP contribution in [-0.2, 0) is 4.79 Å². The van der Waals surface area contributed by atoms with Gasteiger partial charge in [-0.25, -0.2) is 0 Å². The van der Waals surface area contributed by atoms with Gasteiger partial charge < -0.3 is 10.0 Å². The number of amides is 1. The van der Waals surface area contributed by atoms with E-state index in [0.29, 0.717) is 25.4 Å². The third-order valence-electron chi connectivity index (χ3n) is 1.52. The molecule has 0 aliphatic rings. The van der Waals surface area contributed by atoms with Gasteiger partial charge in [0.2, 0.25) is 5.91 Å². The van der Waals surface area contributed by atoms with Crippen LogP contribution >= 0.6 is 11.6 Å². The normalized spacial score (nSPS) is 9.92. The number of aliphatic hydroxyl groups excluding tert-OH is 1. The molecule has 0 aromatic carbocycles. The van der Waals surface area contributed by atoms with Crippen LogP contribution in [0.2, 0.25) is 0 Å². The molecule has 0 saturated carbocycles. The fourth-order valence-electron chi connectivity index (χ4n) is 0.991. The number of carbonyl (C=O) groups is 1. The van der Waals surface area contributed by atoms with Crippen molar-refractivity contribution in [2.75, 3.05) is 25.6 Å². The fourth-order valence-corrected chi connectivity index (χ4v) is 1.15. The van der Waals surface area contributed by atoms with E-state index in [1.807, 2.05) is 6.92 Å². The second-order valence-electron chi connectivity index (χ2n) is 2.54. The fraction of sp³-hybridized carbons (Fsp3) is 0.875. The summed E-state index contributed by atoms with van der Waals surface area (Å²) in [5.74, 6) is 0.380. The van der Waals surface area contributed by atoms with E-state index < -0.39 is 0 Å². The first kappa shape index (κ1) is 11.7. The zero-order valence-corrected chi connectivity index (χ0v) is 8.18. The van der Waals surface area contributed by atoms with E-state index in [1.165, 1.54) is 0 Å². The predicted octanol–water partition coefficient (Wildman–Crippen LogP) is 0.846. The van der Waals surface area contributed by atoms with E-state index in [9.17, 15) is 4.79 Å². The summed E-state index contributed by atoms with van der Waals surface area (Å²) in [5.41, 5.74) is 0. The second kappa shape index (κ2) is 7.37. The highest BCUT2D eigenvalue weighted by molar-refractivity contribution is 6.18. The zero-order chi connectivity index (χ0) is 9.40. The largest absolute Gasteiger partial charge is 0.395 e. The first-order chi connectivity index (χ1) is 5.76. The maximum atomic E-state index is 11.3. The van der Waals surface area contributed by atoms with Gasteiger partial charge in [0, 0.05) is 25.4 Å². The Labute approximate surface area is 78.3 Å². The summed E-state index contributed by atoms with van der Waals surface area (Å²) in [5, 5.41) is 8.65. The molecule has 12 heavy (non-hydrogen) atoms. The average molecular weight is 194 g/mol. The Kier molecular flexibility index (Phi) is 7.20. The molecule has 0 radical (unpaired) electrons. The molecule has 0 saturated heterocycles. The summed E-state index contributed by atoms with van der Waals surface area (Å²) in [6.07, 6.45) is 1.27. The van der Waals surface area contributed by atoms with Crippen molar-refractivity contribution in [3.05, 3.63) is 0 Å². The van der Waals surface area contributed by atoms with Crippen LogP contribution in [-0.4, -0.2) is 41.5 Å². The smallest absolute Gasteiger partial charge is 0.223 e. The third kappa shape index (κ3) is 4.57. The van der Waals surface area contributed by atoms with Crippen LogP contribution < -0.4 is 0 Å². The standard InChI is InChI=1S/C8H16ClNO2/c1-2-5-10(6-7-11)8(12)3-4-9/h11H,2-7H2,1H3. The van der Waals surface area contributed by atoms with E-state index in [0.717, 1.165) is 6.42 Å². The number of carbonyl (C=O) groups excluding carboxylic acids is 1. The minimum atomic E-state index is 0.0219. The number of halogens is 1. The van der Waals surface area contributed by atoms with E-state index in [4.69, 9.17) is 16.7 Å². The molecule has 0 aromatic heterocycles. The summed E-state index contributed by atoms with van der Waals surface area (Å²) in [6.45, 7) is 3.15. The molecule has 72 valence electrons. The molecule has 0 atom stereocenters. The van der Waals surface area contributed by atoms with Crippen LogP contribution in [0.1, 0.15) is 19.8 Å². The number of rotatable bonds is 6. The maximum absolute atomic E-state index is 11.3. The lowest BCUT2D eigenvalue weighted by Gasteiger charge is -2.20. The van der Waals surface area contributed by atoms with Crippen molar-refractivity contribution in [1.82, 2.24) is 4.90 Å². The van der Waals surface area contributed by atoms with Crippen LogP contribution in [0.5, 0.6) is 0 Å². The summed E-state index contributed by atoms with van der Waals surface area (Å²) in [7, 11) is 0. The van der Waals surface area contributed by atoms with Gasteiger partial charge in [0.25, 0.3) is 0 Å². The lowest BCUT2D eigenvalue weighted by molar-refractivity contribution is -0.131. The Morgan fingerprint density at radius 2 is 2.17 bits per heavy atom. The van der Waals surface area contributed by atoms with Crippen molar-refractivity contribution >= 4 is 17.5 Å². The van der Waals surface area contributed by atoms with Gasteiger partial charge in [-0.2, -0.15) is 0 Å². The van der Waals surface area contributed by atoms with E-state index in [2.05, 4.69) is 0 Å². The monoisotopic (exact) mass is 193 g/mol. The molecular formula is C8H16ClNO2. The Bertz CT molecular complexity index is 124. The molecule has 0 unspecified atom stereocenters. The highest BCUT2D eigenvalue weighted by atomic mass is 35.5. The Morgan fingerprint density at radius 3 is 2.58 bits per heavy atom. The van der Waals surface area contributed by atoms with Crippen molar-refractivity contribution in [2.24, 2.45) is 0 Å². The Balaban J connectivity index is 3.81. The van der Waals surface area contributed by atoms with Crippen molar-refractivity contribution < 1.29 is 9.90 Å². The lowest BCUT2D eigenvalue weighted by Crippen LogP contribution is -2.34. The molecule has 0 fully saturated rings. The summed E-state index contributed by atoms with van der Waals surface area (Å²) >= 11 is 5.43. The third-order valence-corrected chi connectivity index (χ3v) is 1.71. The highest BCUT2D eigenvalue weighted by Crippen LogP contribution is 1.97. The first-order valence-corrected chi connectivity index (χ1v) is 4.74. The molecule has 0 aliphatic carbocycles. The van der Waals surface area contributed by atoms with Crippen LogP contribution in [0.4, 0.5) is 0 Å². The summed E-state index contributed by atoms with van der Waals surface area (Å²) in [4.78, 5) is 12.9. The summed E-state index contributed by atoms with van der Waals surface area (Å²) < 4.78 is 0. The number of nitrogens with zero attached hydrogens (tertiary/aromatic N) is 1. The second-order valence-corrected chi connectivity index (χ2v) is 2.92. The molecule has 0 rings (SSSR count). The van der Waals surface area contributed by atoms with Gasteiger partial charge in [0.05, 0.1) is 6.61 Å². The van der Waals surface area contributed by atoms with Gasteiger partial charge >= 0.3 is 0 Å². The van der Waals surface area contributed by atoms with Gasteiger partial charge in [0.15, 0.2) is 0 Å². The quantitative estimate of drug-likeness (QED) is 0.636. The maximum Gasteiger partial charge on any atom is 0.223 e. The van der Waals surface area contributed by atoms with Gasteiger partial charge in [-0.1, -0.05) is 6.92 Å². The van der Waals surface area contributed by atoms with Gasteiger partial charge in [-0.3, -0.25) is 4.79 Å². The molecule has 1 amide bonds. The molecule has 0 bridgehead atoms. The van der Waals surface area contributed by atoms with Gasteiger partial charge in [0.1, 0.15) is 0 Å². The van der Waals surface area contributed by atoms with Gasteiger partial charge in [-0.15, -0.1) is 11.6 Å². The van der Waals surface area contributed by atoms with Crippen molar-refractivity contribution in [3.63, 3.8) is 0 Å². The average Bonchev–Trinajstić information content (AvgIpc) is 2.04. The molecule has 3 nitrogen and oxygen atoms in total. The molecule has 4 heteroatoms. The minimum Gasteiger partial charge on any atom is -0.395 e. The highest BCUT2D eigenvalue weighted by Gasteiger charge is 2.10. The Hall–Kier alpha value is -0.280. The van der Waals surface area contributed by atoms with Crippen molar-refractivity contribution in [2.45, 2.75) is 19.8 Å². The lowest BCUT2D eigenvalue weighted by atomic mass is 10.3. The number of aliphatic hydroxyl groups is 1. The topological polar surface area (TPSA) is 40.5 Å². The van der Waals surface area contributed by atoms with E-state index >= 15 is 0 Å². The van der Waals surface area contributed by atoms with Crippen molar-refractivity contribution in [3.8, 4) is 0 Å². The van der Waals surface area contributed by atoms with E-state index in [1.54, 1.807) is 4.90 Å². The van der Waals surface area contributed by atoms with Crippen molar-refractivity contribution in [1.29, 1.82) is 0 Å². The van der Waals surface area contributed by atoms with Crippen LogP contribution in [0.3, 0.4) is 0 Å². The number of hydrogen-bond donors (Lipinski definition) is 1. The molecular weight excluding hydrogens is 178 g/mol.